The van der Waals surface area contributed by atoms with E-state index in [1.165, 1.54) is 0 Å². The van der Waals surface area contributed by atoms with Gasteiger partial charge in [-0.2, -0.15) is 0 Å². The van der Waals surface area contributed by atoms with Gasteiger partial charge in [0.05, 0.1) is 0 Å². The first-order chi connectivity index (χ1) is 5.85. The molecule has 0 aliphatic rings. The molecule has 1 atom stereocenters. The maximum absolute atomic E-state index is 5.26. The maximum atomic E-state index is 5.26. The fourth-order valence-electron chi connectivity index (χ4n) is 1.06. The third kappa shape index (κ3) is 6.58. The van der Waals surface area contributed by atoms with Gasteiger partial charge in [0.25, 0.3) is 0 Å². The molecule has 0 aromatic rings. The molecule has 0 fully saturated rings. The van der Waals surface area contributed by atoms with Crippen LogP contribution in [0.4, 0.5) is 0 Å². The first kappa shape index (κ1) is 11.9. The van der Waals surface area contributed by atoms with Gasteiger partial charge in [-0.25, -0.2) is 0 Å². The topological polar surface area (TPSA) is 30.5 Å². The van der Waals surface area contributed by atoms with Crippen LogP contribution in [0.1, 0.15) is 19.8 Å². The Labute approximate surface area is 75.4 Å². The Kier molecular flexibility index (Phi) is 8.88. The normalized spacial score (nSPS) is 13.2. The van der Waals surface area contributed by atoms with Crippen LogP contribution in [0.5, 0.6) is 0 Å². The van der Waals surface area contributed by atoms with E-state index < -0.39 is 0 Å². The van der Waals surface area contributed by atoms with E-state index >= 15 is 0 Å². The Hall–Kier alpha value is -0.120. The number of hydrogen-bond donors (Lipinski definition) is 1. The summed E-state index contributed by atoms with van der Waals surface area (Å²) in [6.45, 7) is 4.48. The summed E-state index contributed by atoms with van der Waals surface area (Å²) in [6, 6.07) is 0.525. The highest BCUT2D eigenvalue weighted by molar-refractivity contribution is 4.63. The lowest BCUT2D eigenvalue weighted by Crippen LogP contribution is -2.28. The van der Waals surface area contributed by atoms with Crippen LogP contribution in [0.3, 0.4) is 0 Å². The van der Waals surface area contributed by atoms with Gasteiger partial charge in [-0.05, 0) is 26.8 Å². The minimum Gasteiger partial charge on any atom is -0.385 e. The summed E-state index contributed by atoms with van der Waals surface area (Å²) < 4.78 is 10.3. The van der Waals surface area contributed by atoms with Crippen LogP contribution in [0, 0.1) is 0 Å². The van der Waals surface area contributed by atoms with Gasteiger partial charge in [0, 0.05) is 33.0 Å². The van der Waals surface area contributed by atoms with E-state index in [1.807, 2.05) is 14.0 Å². The highest BCUT2D eigenvalue weighted by atomic mass is 16.5. The second-order valence-corrected chi connectivity index (χ2v) is 2.75. The zero-order valence-electron chi connectivity index (χ0n) is 8.43. The molecule has 12 heavy (non-hydrogen) atoms. The van der Waals surface area contributed by atoms with Gasteiger partial charge in [-0.3, -0.25) is 0 Å². The third-order valence-corrected chi connectivity index (χ3v) is 1.89. The average molecular weight is 175 g/mol. The largest absolute Gasteiger partial charge is 0.385 e. The molecule has 74 valence electrons. The van der Waals surface area contributed by atoms with Gasteiger partial charge in [0.1, 0.15) is 0 Å². The average Bonchev–Trinajstić information content (AvgIpc) is 2.11. The predicted octanol–water partition coefficient (Wildman–Crippen LogP) is 1.04. The van der Waals surface area contributed by atoms with E-state index in [-0.39, 0.29) is 0 Å². The molecule has 0 spiro atoms. The summed E-state index contributed by atoms with van der Waals surface area (Å²) in [5, 5.41) is 3.24. The van der Waals surface area contributed by atoms with Crippen molar-refractivity contribution in [2.45, 2.75) is 25.8 Å². The summed E-state index contributed by atoms with van der Waals surface area (Å²) in [6.07, 6.45) is 2.12. The molecule has 0 amide bonds. The van der Waals surface area contributed by atoms with Crippen molar-refractivity contribution in [2.24, 2.45) is 0 Å². The molecule has 1 unspecified atom stereocenters. The van der Waals surface area contributed by atoms with E-state index in [9.17, 15) is 0 Å². The Balaban J connectivity index is 3.26. The number of nitrogens with one attached hydrogen (secondary N) is 1. The molecule has 1 N–H and O–H groups in total. The minimum absolute atomic E-state index is 0.525. The van der Waals surface area contributed by atoms with Crippen molar-refractivity contribution in [3.8, 4) is 0 Å². The van der Waals surface area contributed by atoms with Crippen LogP contribution in [-0.4, -0.2) is 40.0 Å². The first-order valence-electron chi connectivity index (χ1n) is 4.59. The molecule has 0 rings (SSSR count). The highest BCUT2D eigenvalue weighted by Crippen LogP contribution is 1.98. The summed E-state index contributed by atoms with van der Waals surface area (Å²) >= 11 is 0. The van der Waals surface area contributed by atoms with Crippen molar-refractivity contribution in [2.75, 3.05) is 34.0 Å². The quantitative estimate of drug-likeness (QED) is 0.559. The SMILES string of the molecule is CCOCCC(CCOC)NC. The van der Waals surface area contributed by atoms with Gasteiger partial charge in [-0.15, -0.1) is 0 Å². The molecule has 0 bridgehead atoms. The van der Waals surface area contributed by atoms with E-state index in [0.717, 1.165) is 32.7 Å². The van der Waals surface area contributed by atoms with Gasteiger partial charge in [-0.1, -0.05) is 0 Å². The smallest absolute Gasteiger partial charge is 0.0480 e. The minimum atomic E-state index is 0.525. The Morgan fingerprint density at radius 3 is 2.42 bits per heavy atom. The van der Waals surface area contributed by atoms with Gasteiger partial charge < -0.3 is 14.8 Å². The van der Waals surface area contributed by atoms with E-state index in [0.29, 0.717) is 6.04 Å². The number of hydrogen-bond acceptors (Lipinski definition) is 3. The molecule has 0 aromatic heterocycles. The molecule has 0 aliphatic carbocycles. The van der Waals surface area contributed by atoms with Crippen LogP contribution < -0.4 is 5.32 Å². The summed E-state index contributed by atoms with van der Waals surface area (Å²) in [4.78, 5) is 0. The molecule has 0 aliphatic heterocycles. The van der Waals surface area contributed by atoms with E-state index in [4.69, 9.17) is 9.47 Å². The molecular weight excluding hydrogens is 154 g/mol. The molecule has 0 heterocycles. The van der Waals surface area contributed by atoms with Crippen molar-refractivity contribution in [1.82, 2.24) is 5.32 Å². The van der Waals surface area contributed by atoms with Crippen LogP contribution in [0.25, 0.3) is 0 Å². The fraction of sp³-hybridized carbons (Fsp3) is 1.00. The molecule has 0 saturated heterocycles. The van der Waals surface area contributed by atoms with Crippen LogP contribution >= 0.6 is 0 Å². The van der Waals surface area contributed by atoms with Gasteiger partial charge in [0.2, 0.25) is 0 Å². The summed E-state index contributed by atoms with van der Waals surface area (Å²) in [5.74, 6) is 0. The molecule has 3 heteroatoms. The van der Waals surface area contributed by atoms with Crippen molar-refractivity contribution in [3.63, 3.8) is 0 Å². The Bertz CT molecular complexity index is 88.6. The van der Waals surface area contributed by atoms with Crippen LogP contribution in [-0.2, 0) is 9.47 Å². The Morgan fingerprint density at radius 1 is 1.25 bits per heavy atom. The van der Waals surface area contributed by atoms with Crippen molar-refractivity contribution in [1.29, 1.82) is 0 Å². The molecular formula is C9H21NO2. The molecule has 0 aromatic carbocycles. The van der Waals surface area contributed by atoms with Gasteiger partial charge >= 0.3 is 0 Å². The van der Waals surface area contributed by atoms with Crippen molar-refractivity contribution in [3.05, 3.63) is 0 Å². The van der Waals surface area contributed by atoms with E-state index in [1.54, 1.807) is 7.11 Å². The number of rotatable bonds is 8. The van der Waals surface area contributed by atoms with Crippen molar-refractivity contribution < 1.29 is 9.47 Å². The number of methoxy groups -OCH3 is 1. The standard InChI is InChI=1S/C9H21NO2/c1-4-12-8-6-9(10-2)5-7-11-3/h9-10H,4-8H2,1-3H3. The lowest BCUT2D eigenvalue weighted by molar-refractivity contribution is 0.128. The van der Waals surface area contributed by atoms with Crippen LogP contribution in [0.15, 0.2) is 0 Å². The van der Waals surface area contributed by atoms with Crippen LogP contribution in [0.2, 0.25) is 0 Å². The second kappa shape index (κ2) is 8.97. The number of ether oxygens (including phenoxy) is 2. The molecule has 3 nitrogen and oxygen atoms in total. The lowest BCUT2D eigenvalue weighted by Gasteiger charge is -2.14. The Morgan fingerprint density at radius 2 is 1.92 bits per heavy atom. The maximum Gasteiger partial charge on any atom is 0.0480 e. The first-order valence-corrected chi connectivity index (χ1v) is 4.59. The zero-order chi connectivity index (χ0) is 9.23. The molecule has 0 radical (unpaired) electrons. The van der Waals surface area contributed by atoms with Crippen molar-refractivity contribution >= 4 is 0 Å². The lowest BCUT2D eigenvalue weighted by atomic mass is 10.1. The summed E-state index contributed by atoms with van der Waals surface area (Å²) in [5.41, 5.74) is 0. The molecule has 0 saturated carbocycles. The monoisotopic (exact) mass is 175 g/mol. The van der Waals surface area contributed by atoms with E-state index in [2.05, 4.69) is 5.32 Å². The second-order valence-electron chi connectivity index (χ2n) is 2.75. The fourth-order valence-corrected chi connectivity index (χ4v) is 1.06. The summed E-state index contributed by atoms with van der Waals surface area (Å²) in [7, 11) is 3.71. The highest BCUT2D eigenvalue weighted by Gasteiger charge is 2.04. The zero-order valence-corrected chi connectivity index (χ0v) is 8.43. The predicted molar refractivity (Wildman–Crippen MR) is 50.5 cm³/mol. The third-order valence-electron chi connectivity index (χ3n) is 1.89. The van der Waals surface area contributed by atoms with Gasteiger partial charge in [0.15, 0.2) is 0 Å².